The van der Waals surface area contributed by atoms with Gasteiger partial charge < -0.3 is 25.5 Å². The highest BCUT2D eigenvalue weighted by atomic mass is 16.4. The Bertz CT molecular complexity index is 319. The average Bonchev–Trinajstić information content (AvgIpc) is 2.31. The first-order chi connectivity index (χ1) is 8.29. The molecule has 0 heterocycles. The lowest BCUT2D eigenvalue weighted by molar-refractivity contribution is -0.140. The predicted molar refractivity (Wildman–Crippen MR) is 61.1 cm³/mol. The van der Waals surface area contributed by atoms with Crippen molar-refractivity contribution in [1.29, 1.82) is 0 Å². The van der Waals surface area contributed by atoms with E-state index in [2.05, 4.69) is 5.32 Å². The summed E-state index contributed by atoms with van der Waals surface area (Å²) in [6, 6.07) is -2.39. The summed E-state index contributed by atoms with van der Waals surface area (Å²) in [5.41, 5.74) is 0. The van der Waals surface area contributed by atoms with Gasteiger partial charge in [0, 0.05) is 13.5 Å². The molecule has 0 aromatic heterocycles. The summed E-state index contributed by atoms with van der Waals surface area (Å²) >= 11 is 0. The Morgan fingerprint density at radius 1 is 1.28 bits per heavy atom. The second-order valence-corrected chi connectivity index (χ2v) is 3.92. The Kier molecular flexibility index (Phi) is 6.73. The molecule has 0 radical (unpaired) electrons. The van der Waals surface area contributed by atoms with Crippen LogP contribution in [0, 0.1) is 0 Å². The van der Waals surface area contributed by atoms with E-state index in [-0.39, 0.29) is 19.4 Å². The number of carboxylic acids is 2. The Morgan fingerprint density at radius 3 is 2.22 bits per heavy atom. The van der Waals surface area contributed by atoms with Crippen molar-refractivity contribution in [1.82, 2.24) is 10.2 Å². The van der Waals surface area contributed by atoms with E-state index in [1.165, 1.54) is 7.05 Å². The van der Waals surface area contributed by atoms with Crippen LogP contribution >= 0.6 is 0 Å². The maximum Gasteiger partial charge on any atom is 0.326 e. The molecule has 8 nitrogen and oxygen atoms in total. The van der Waals surface area contributed by atoms with Crippen LogP contribution in [-0.4, -0.2) is 63.9 Å². The van der Waals surface area contributed by atoms with Gasteiger partial charge in [-0.2, -0.15) is 0 Å². The quantitative estimate of drug-likeness (QED) is 0.481. The smallest absolute Gasteiger partial charge is 0.326 e. The first-order valence-electron chi connectivity index (χ1n) is 5.38. The van der Waals surface area contributed by atoms with E-state index in [0.717, 1.165) is 4.90 Å². The number of urea groups is 1. The molecule has 0 spiro atoms. The van der Waals surface area contributed by atoms with Crippen molar-refractivity contribution in [2.75, 3.05) is 13.7 Å². The van der Waals surface area contributed by atoms with Crippen molar-refractivity contribution in [2.45, 2.75) is 31.8 Å². The third-order valence-corrected chi connectivity index (χ3v) is 2.49. The molecule has 0 saturated carbocycles. The summed E-state index contributed by atoms with van der Waals surface area (Å²) in [5.74, 6) is -2.43. The van der Waals surface area contributed by atoms with Crippen molar-refractivity contribution in [3.05, 3.63) is 0 Å². The molecular formula is C10H18N2O6. The molecule has 0 aromatic carbocycles. The minimum atomic E-state index is -1.30. The number of carbonyl (C=O) groups is 3. The van der Waals surface area contributed by atoms with Crippen molar-refractivity contribution in [2.24, 2.45) is 0 Å². The molecule has 104 valence electrons. The van der Waals surface area contributed by atoms with Gasteiger partial charge in [-0.3, -0.25) is 4.79 Å². The highest BCUT2D eigenvalue weighted by molar-refractivity contribution is 5.83. The number of carbonyl (C=O) groups excluding carboxylic acids is 1. The maximum absolute atomic E-state index is 11.6. The number of aliphatic hydroxyl groups excluding tert-OH is 1. The highest BCUT2D eigenvalue weighted by Crippen LogP contribution is 2.01. The standard InChI is InChI=1S/C10H18N2O6/c1-6(5-13)12(2)10(18)11-7(9(16)17)3-4-8(14)15/h6-7,13H,3-5H2,1-2H3,(H,11,18)(H,14,15)(H,16,17). The van der Waals surface area contributed by atoms with Gasteiger partial charge in [-0.25, -0.2) is 9.59 Å². The Labute approximate surface area is 104 Å². The van der Waals surface area contributed by atoms with E-state index in [0.29, 0.717) is 0 Å². The van der Waals surface area contributed by atoms with E-state index in [1.54, 1.807) is 6.92 Å². The first-order valence-corrected chi connectivity index (χ1v) is 5.38. The number of nitrogens with one attached hydrogen (secondary N) is 1. The number of hydrogen-bond acceptors (Lipinski definition) is 4. The number of aliphatic carboxylic acids is 2. The lowest BCUT2D eigenvalue weighted by atomic mass is 10.1. The van der Waals surface area contributed by atoms with E-state index in [1.807, 2.05) is 0 Å². The minimum Gasteiger partial charge on any atom is -0.481 e. The zero-order chi connectivity index (χ0) is 14.3. The Hall–Kier alpha value is -1.83. The Morgan fingerprint density at radius 2 is 1.83 bits per heavy atom. The number of carboxylic acid groups (broad SMARTS) is 2. The Balaban J connectivity index is 4.45. The van der Waals surface area contributed by atoms with Gasteiger partial charge in [0.2, 0.25) is 0 Å². The number of aliphatic hydroxyl groups is 1. The third-order valence-electron chi connectivity index (χ3n) is 2.49. The molecule has 2 unspecified atom stereocenters. The molecule has 2 atom stereocenters. The van der Waals surface area contributed by atoms with Gasteiger partial charge in [-0.15, -0.1) is 0 Å². The molecule has 2 amide bonds. The summed E-state index contributed by atoms with van der Waals surface area (Å²) in [6.45, 7) is 1.34. The monoisotopic (exact) mass is 262 g/mol. The fraction of sp³-hybridized carbons (Fsp3) is 0.700. The lowest BCUT2D eigenvalue weighted by Gasteiger charge is -2.25. The normalized spacial score (nSPS) is 13.5. The first kappa shape index (κ1) is 16.2. The summed E-state index contributed by atoms with van der Waals surface area (Å²) in [7, 11) is 1.41. The van der Waals surface area contributed by atoms with Crippen LogP contribution in [0.4, 0.5) is 4.79 Å². The summed E-state index contributed by atoms with van der Waals surface area (Å²) in [5, 5.41) is 28.4. The number of amides is 2. The summed E-state index contributed by atoms with van der Waals surface area (Å²) in [4.78, 5) is 33.9. The zero-order valence-electron chi connectivity index (χ0n) is 10.3. The van der Waals surface area contributed by atoms with E-state index >= 15 is 0 Å². The van der Waals surface area contributed by atoms with Crippen LogP contribution in [0.25, 0.3) is 0 Å². The number of likely N-dealkylation sites (N-methyl/N-ethyl adjacent to an activating group) is 1. The van der Waals surface area contributed by atoms with Crippen LogP contribution in [0.2, 0.25) is 0 Å². The van der Waals surface area contributed by atoms with Gasteiger partial charge in [-0.1, -0.05) is 0 Å². The molecule has 0 aromatic rings. The molecule has 0 rings (SSSR count). The number of hydrogen-bond donors (Lipinski definition) is 4. The van der Waals surface area contributed by atoms with Crippen molar-refractivity contribution in [3.63, 3.8) is 0 Å². The SMILES string of the molecule is CC(CO)N(C)C(=O)NC(CCC(=O)O)C(=O)O. The third kappa shape index (κ3) is 5.48. The van der Waals surface area contributed by atoms with Crippen molar-refractivity contribution in [3.8, 4) is 0 Å². The van der Waals surface area contributed by atoms with Gasteiger partial charge in [0.1, 0.15) is 6.04 Å². The largest absolute Gasteiger partial charge is 0.481 e. The van der Waals surface area contributed by atoms with E-state index in [9.17, 15) is 14.4 Å². The molecule has 18 heavy (non-hydrogen) atoms. The minimum absolute atomic E-state index is 0.197. The van der Waals surface area contributed by atoms with Crippen molar-refractivity contribution < 1.29 is 29.7 Å². The summed E-state index contributed by atoms with van der Waals surface area (Å²) in [6.07, 6.45) is -0.547. The molecule has 0 aliphatic rings. The van der Waals surface area contributed by atoms with Gasteiger partial charge in [0.15, 0.2) is 0 Å². The molecule has 4 N–H and O–H groups in total. The van der Waals surface area contributed by atoms with Crippen LogP contribution < -0.4 is 5.32 Å². The molecule has 0 bridgehead atoms. The predicted octanol–water partition coefficient (Wildman–Crippen LogP) is -0.673. The van der Waals surface area contributed by atoms with Gasteiger partial charge in [-0.05, 0) is 13.3 Å². The number of rotatable bonds is 7. The van der Waals surface area contributed by atoms with E-state index < -0.39 is 30.1 Å². The highest BCUT2D eigenvalue weighted by Gasteiger charge is 2.24. The number of nitrogens with zero attached hydrogens (tertiary/aromatic N) is 1. The molecule has 0 fully saturated rings. The zero-order valence-corrected chi connectivity index (χ0v) is 10.3. The van der Waals surface area contributed by atoms with Gasteiger partial charge in [0.25, 0.3) is 0 Å². The van der Waals surface area contributed by atoms with Gasteiger partial charge >= 0.3 is 18.0 Å². The molecule has 0 aliphatic heterocycles. The average molecular weight is 262 g/mol. The lowest BCUT2D eigenvalue weighted by Crippen LogP contribution is -2.50. The molecule has 0 saturated heterocycles. The second-order valence-electron chi connectivity index (χ2n) is 3.92. The van der Waals surface area contributed by atoms with Gasteiger partial charge in [0.05, 0.1) is 12.6 Å². The fourth-order valence-electron chi connectivity index (χ4n) is 1.10. The maximum atomic E-state index is 11.6. The fourth-order valence-corrected chi connectivity index (χ4v) is 1.10. The van der Waals surface area contributed by atoms with Crippen LogP contribution in [0.15, 0.2) is 0 Å². The molecular weight excluding hydrogens is 244 g/mol. The van der Waals surface area contributed by atoms with Crippen LogP contribution in [-0.2, 0) is 9.59 Å². The topological polar surface area (TPSA) is 127 Å². The summed E-state index contributed by atoms with van der Waals surface area (Å²) < 4.78 is 0. The van der Waals surface area contributed by atoms with Crippen LogP contribution in [0.3, 0.4) is 0 Å². The molecule has 0 aliphatic carbocycles. The molecule has 8 heteroatoms. The van der Waals surface area contributed by atoms with E-state index in [4.69, 9.17) is 15.3 Å². The van der Waals surface area contributed by atoms with Crippen molar-refractivity contribution >= 4 is 18.0 Å². The van der Waals surface area contributed by atoms with Crippen LogP contribution in [0.1, 0.15) is 19.8 Å². The van der Waals surface area contributed by atoms with Crippen LogP contribution in [0.5, 0.6) is 0 Å². The second kappa shape index (κ2) is 7.49.